The second kappa shape index (κ2) is 6.05. The van der Waals surface area contributed by atoms with Gasteiger partial charge in [-0.1, -0.05) is 49.6 Å². The summed E-state index contributed by atoms with van der Waals surface area (Å²) >= 11 is 6.82. The average molecular weight is 289 g/mol. The van der Waals surface area contributed by atoms with E-state index in [0.29, 0.717) is 5.92 Å². The van der Waals surface area contributed by atoms with E-state index in [9.17, 15) is 0 Å². The zero-order valence-corrected chi connectivity index (χ0v) is 12.7. The molecule has 0 aromatic heterocycles. The van der Waals surface area contributed by atoms with Crippen molar-refractivity contribution in [1.82, 2.24) is 0 Å². The molecule has 1 saturated carbocycles. The standard InChI is InChI=1S/C18H21ClO/c1-20-17-12-11-16(14-9-5-6-10-15(14)17)18(19)13-7-3-2-4-8-13/h5-6,9-13,18H,2-4,7-8H2,1H3. The van der Waals surface area contributed by atoms with Crippen molar-refractivity contribution in [2.45, 2.75) is 37.5 Å². The first-order valence-corrected chi connectivity index (χ1v) is 7.94. The van der Waals surface area contributed by atoms with Gasteiger partial charge in [0.2, 0.25) is 0 Å². The fraction of sp³-hybridized carbons (Fsp3) is 0.444. The number of ether oxygens (including phenoxy) is 1. The molecular weight excluding hydrogens is 268 g/mol. The highest BCUT2D eigenvalue weighted by Gasteiger charge is 2.24. The molecule has 1 atom stereocenters. The summed E-state index contributed by atoms with van der Waals surface area (Å²) in [6, 6.07) is 12.6. The van der Waals surface area contributed by atoms with Crippen LogP contribution in [0.5, 0.6) is 5.75 Å². The Kier molecular flexibility index (Phi) is 4.16. The summed E-state index contributed by atoms with van der Waals surface area (Å²) in [6.45, 7) is 0. The van der Waals surface area contributed by atoms with Gasteiger partial charge < -0.3 is 4.74 Å². The van der Waals surface area contributed by atoms with Crippen LogP contribution < -0.4 is 4.74 Å². The van der Waals surface area contributed by atoms with Gasteiger partial charge in [-0.3, -0.25) is 0 Å². The van der Waals surface area contributed by atoms with Crippen LogP contribution in [-0.2, 0) is 0 Å². The van der Waals surface area contributed by atoms with Crippen molar-refractivity contribution in [2.75, 3.05) is 7.11 Å². The van der Waals surface area contributed by atoms with Crippen LogP contribution >= 0.6 is 11.6 Å². The molecule has 0 N–H and O–H groups in total. The van der Waals surface area contributed by atoms with E-state index in [2.05, 4.69) is 36.4 Å². The molecule has 0 heterocycles. The van der Waals surface area contributed by atoms with Crippen LogP contribution in [0.1, 0.15) is 43.0 Å². The van der Waals surface area contributed by atoms with Gasteiger partial charge in [0.25, 0.3) is 0 Å². The van der Waals surface area contributed by atoms with Crippen LogP contribution in [0.15, 0.2) is 36.4 Å². The van der Waals surface area contributed by atoms with Crippen molar-refractivity contribution in [3.63, 3.8) is 0 Å². The van der Waals surface area contributed by atoms with E-state index >= 15 is 0 Å². The van der Waals surface area contributed by atoms with Crippen molar-refractivity contribution >= 4 is 22.4 Å². The van der Waals surface area contributed by atoms with Gasteiger partial charge in [0.1, 0.15) is 5.75 Å². The van der Waals surface area contributed by atoms with E-state index in [-0.39, 0.29) is 5.38 Å². The molecule has 1 fully saturated rings. The van der Waals surface area contributed by atoms with Gasteiger partial charge >= 0.3 is 0 Å². The largest absolute Gasteiger partial charge is 0.496 e. The molecule has 1 aliphatic rings. The third-order valence-corrected chi connectivity index (χ3v) is 5.09. The second-order valence-electron chi connectivity index (χ2n) is 5.70. The molecule has 1 nitrogen and oxygen atoms in total. The van der Waals surface area contributed by atoms with E-state index in [1.54, 1.807) is 7.11 Å². The molecule has 20 heavy (non-hydrogen) atoms. The van der Waals surface area contributed by atoms with Crippen LogP contribution in [0.25, 0.3) is 10.8 Å². The first kappa shape index (κ1) is 13.8. The Balaban J connectivity index is 2.02. The number of hydrogen-bond acceptors (Lipinski definition) is 1. The topological polar surface area (TPSA) is 9.23 Å². The van der Waals surface area contributed by atoms with Gasteiger partial charge in [0.15, 0.2) is 0 Å². The molecule has 0 spiro atoms. The molecule has 0 amide bonds. The molecule has 1 aliphatic carbocycles. The Labute approximate surface area is 125 Å². The van der Waals surface area contributed by atoms with Crippen LogP contribution in [0, 0.1) is 5.92 Å². The minimum Gasteiger partial charge on any atom is -0.496 e. The Bertz CT molecular complexity index is 587. The summed E-state index contributed by atoms with van der Waals surface area (Å²) < 4.78 is 5.46. The molecule has 0 radical (unpaired) electrons. The summed E-state index contributed by atoms with van der Waals surface area (Å²) in [6.07, 6.45) is 6.52. The SMILES string of the molecule is COc1ccc(C(Cl)C2CCCCC2)c2ccccc12. The maximum Gasteiger partial charge on any atom is 0.126 e. The third-order valence-electron chi connectivity index (χ3n) is 4.50. The quantitative estimate of drug-likeness (QED) is 0.657. The fourth-order valence-corrected chi connectivity index (χ4v) is 3.84. The van der Waals surface area contributed by atoms with Crippen LogP contribution in [0.2, 0.25) is 0 Å². The van der Waals surface area contributed by atoms with Crippen LogP contribution in [0.4, 0.5) is 0 Å². The summed E-state index contributed by atoms with van der Waals surface area (Å²) in [5.74, 6) is 1.54. The minimum absolute atomic E-state index is 0.117. The fourth-order valence-electron chi connectivity index (χ4n) is 3.39. The van der Waals surface area contributed by atoms with Gasteiger partial charge in [-0.05, 0) is 35.8 Å². The lowest BCUT2D eigenvalue weighted by atomic mass is 9.83. The number of hydrogen-bond donors (Lipinski definition) is 0. The zero-order chi connectivity index (χ0) is 13.9. The predicted molar refractivity (Wildman–Crippen MR) is 85.7 cm³/mol. The van der Waals surface area contributed by atoms with Gasteiger partial charge in [-0.25, -0.2) is 0 Å². The highest BCUT2D eigenvalue weighted by Crippen LogP contribution is 2.42. The first-order chi connectivity index (χ1) is 9.81. The Morgan fingerprint density at radius 3 is 2.40 bits per heavy atom. The monoisotopic (exact) mass is 288 g/mol. The summed E-state index contributed by atoms with van der Waals surface area (Å²) in [7, 11) is 1.72. The number of alkyl halides is 1. The molecular formula is C18H21ClO. The number of halogens is 1. The van der Waals surface area contributed by atoms with E-state index in [0.717, 1.165) is 11.1 Å². The lowest BCUT2D eigenvalue weighted by Crippen LogP contribution is -2.12. The average Bonchev–Trinajstić information content (AvgIpc) is 2.54. The highest BCUT2D eigenvalue weighted by atomic mass is 35.5. The normalized spacial score (nSPS) is 18.1. The molecule has 106 valence electrons. The molecule has 0 aliphatic heterocycles. The lowest BCUT2D eigenvalue weighted by molar-refractivity contribution is 0.349. The Hall–Kier alpha value is -1.21. The predicted octanol–water partition coefficient (Wildman–Crippen LogP) is 5.71. The summed E-state index contributed by atoms with van der Waals surface area (Å²) in [4.78, 5) is 0. The number of benzene rings is 2. The summed E-state index contributed by atoms with van der Waals surface area (Å²) in [5, 5.41) is 2.51. The van der Waals surface area contributed by atoms with Crippen molar-refractivity contribution < 1.29 is 4.74 Å². The molecule has 1 unspecified atom stereocenters. The smallest absolute Gasteiger partial charge is 0.126 e. The molecule has 2 aromatic rings. The van der Waals surface area contributed by atoms with Gasteiger partial charge in [0, 0.05) is 5.39 Å². The minimum atomic E-state index is 0.117. The molecule has 0 saturated heterocycles. The Morgan fingerprint density at radius 1 is 1.00 bits per heavy atom. The molecule has 0 bridgehead atoms. The number of fused-ring (bicyclic) bond motifs is 1. The molecule has 3 rings (SSSR count). The third kappa shape index (κ3) is 2.52. The van der Waals surface area contributed by atoms with Crippen LogP contribution in [0.3, 0.4) is 0 Å². The van der Waals surface area contributed by atoms with E-state index < -0.39 is 0 Å². The van der Waals surface area contributed by atoms with Crippen LogP contribution in [-0.4, -0.2) is 7.11 Å². The van der Waals surface area contributed by atoms with Gasteiger partial charge in [-0.2, -0.15) is 0 Å². The van der Waals surface area contributed by atoms with Gasteiger partial charge in [-0.15, -0.1) is 11.6 Å². The van der Waals surface area contributed by atoms with Gasteiger partial charge in [0.05, 0.1) is 12.5 Å². The van der Waals surface area contributed by atoms with Crippen molar-refractivity contribution in [1.29, 1.82) is 0 Å². The lowest BCUT2D eigenvalue weighted by Gasteiger charge is -2.27. The maximum absolute atomic E-state index is 6.82. The molecule has 2 aromatic carbocycles. The molecule has 2 heteroatoms. The first-order valence-electron chi connectivity index (χ1n) is 7.51. The summed E-state index contributed by atoms with van der Waals surface area (Å²) in [5.41, 5.74) is 1.26. The van der Waals surface area contributed by atoms with E-state index in [1.165, 1.54) is 43.1 Å². The number of rotatable bonds is 3. The Morgan fingerprint density at radius 2 is 1.70 bits per heavy atom. The highest BCUT2D eigenvalue weighted by molar-refractivity contribution is 6.22. The number of methoxy groups -OCH3 is 1. The van der Waals surface area contributed by atoms with Crippen molar-refractivity contribution in [2.24, 2.45) is 5.92 Å². The second-order valence-corrected chi connectivity index (χ2v) is 6.17. The van der Waals surface area contributed by atoms with E-state index in [4.69, 9.17) is 16.3 Å². The maximum atomic E-state index is 6.82. The van der Waals surface area contributed by atoms with E-state index in [1.807, 2.05) is 0 Å². The van der Waals surface area contributed by atoms with Crippen molar-refractivity contribution in [3.05, 3.63) is 42.0 Å². The van der Waals surface area contributed by atoms with Crippen molar-refractivity contribution in [3.8, 4) is 5.75 Å². The zero-order valence-electron chi connectivity index (χ0n) is 11.9.